The molecule has 1 N–H and O–H groups in total. The quantitative estimate of drug-likeness (QED) is 0.916. The minimum absolute atomic E-state index is 0.0452. The molecule has 0 saturated carbocycles. The minimum atomic E-state index is -0.148. The van der Waals surface area contributed by atoms with E-state index in [1.54, 1.807) is 0 Å². The lowest BCUT2D eigenvalue weighted by atomic mass is 9.92. The smallest absolute Gasteiger partial charge is 0.232 e. The van der Waals surface area contributed by atoms with Crippen LogP contribution in [0.2, 0.25) is 0 Å². The van der Waals surface area contributed by atoms with Gasteiger partial charge in [0.15, 0.2) is 0 Å². The van der Waals surface area contributed by atoms with Crippen LogP contribution in [0.5, 0.6) is 5.75 Å². The van der Waals surface area contributed by atoms with Crippen molar-refractivity contribution in [1.82, 2.24) is 0 Å². The van der Waals surface area contributed by atoms with Gasteiger partial charge in [0, 0.05) is 11.3 Å². The van der Waals surface area contributed by atoms with Crippen molar-refractivity contribution >= 4 is 11.6 Å². The Morgan fingerprint density at radius 2 is 1.86 bits per heavy atom. The fraction of sp³-hybridized carbons (Fsp3) is 0.316. The summed E-state index contributed by atoms with van der Waals surface area (Å²) in [7, 11) is 0. The number of carbonyl (C=O) groups is 1. The number of benzene rings is 2. The highest BCUT2D eigenvalue weighted by molar-refractivity contribution is 5.97. The van der Waals surface area contributed by atoms with Crippen LogP contribution in [0, 0.1) is 0 Å². The maximum absolute atomic E-state index is 12.7. The summed E-state index contributed by atoms with van der Waals surface area (Å²) in [5.74, 6) is 1.10. The molecule has 3 heteroatoms. The molecule has 22 heavy (non-hydrogen) atoms. The Morgan fingerprint density at radius 3 is 2.68 bits per heavy atom. The molecular formula is C19H21NO2. The number of rotatable bonds is 3. The lowest BCUT2D eigenvalue weighted by Gasteiger charge is -2.25. The third kappa shape index (κ3) is 2.84. The van der Waals surface area contributed by atoms with Crippen LogP contribution < -0.4 is 10.1 Å². The number of hydrogen-bond acceptors (Lipinski definition) is 2. The lowest BCUT2D eigenvalue weighted by molar-refractivity contribution is -0.118. The fourth-order valence-electron chi connectivity index (χ4n) is 2.95. The van der Waals surface area contributed by atoms with E-state index in [0.29, 0.717) is 18.9 Å². The third-order valence-corrected chi connectivity index (χ3v) is 4.12. The molecule has 0 fully saturated rings. The van der Waals surface area contributed by atoms with E-state index in [4.69, 9.17) is 4.74 Å². The molecule has 0 spiro atoms. The maximum Gasteiger partial charge on any atom is 0.232 e. The molecule has 1 atom stereocenters. The second-order valence-corrected chi connectivity index (χ2v) is 5.96. The Kier molecular flexibility index (Phi) is 4.14. The zero-order valence-corrected chi connectivity index (χ0v) is 13.0. The Morgan fingerprint density at radius 1 is 1.14 bits per heavy atom. The van der Waals surface area contributed by atoms with Crippen LogP contribution in [0.1, 0.15) is 43.2 Å². The molecule has 3 nitrogen and oxygen atoms in total. The van der Waals surface area contributed by atoms with Gasteiger partial charge in [-0.2, -0.15) is 0 Å². The molecule has 0 bridgehead atoms. The highest BCUT2D eigenvalue weighted by atomic mass is 16.5. The molecule has 0 radical (unpaired) electrons. The second-order valence-electron chi connectivity index (χ2n) is 5.96. The zero-order chi connectivity index (χ0) is 15.5. The van der Waals surface area contributed by atoms with E-state index >= 15 is 0 Å². The summed E-state index contributed by atoms with van der Waals surface area (Å²) < 4.78 is 5.64. The summed E-state index contributed by atoms with van der Waals surface area (Å²) >= 11 is 0. The van der Waals surface area contributed by atoms with Crippen LogP contribution in [-0.4, -0.2) is 12.5 Å². The van der Waals surface area contributed by atoms with E-state index in [1.165, 1.54) is 0 Å². The van der Waals surface area contributed by atoms with Crippen molar-refractivity contribution in [2.45, 2.75) is 32.1 Å². The van der Waals surface area contributed by atoms with Crippen molar-refractivity contribution < 1.29 is 9.53 Å². The van der Waals surface area contributed by atoms with Gasteiger partial charge >= 0.3 is 0 Å². The van der Waals surface area contributed by atoms with Gasteiger partial charge in [0.25, 0.3) is 0 Å². The summed E-state index contributed by atoms with van der Waals surface area (Å²) in [6, 6.07) is 15.8. The summed E-state index contributed by atoms with van der Waals surface area (Å²) in [6.07, 6.45) is 0.715. The van der Waals surface area contributed by atoms with Gasteiger partial charge in [-0.3, -0.25) is 4.79 Å². The first-order chi connectivity index (χ1) is 10.7. The summed E-state index contributed by atoms with van der Waals surface area (Å²) in [5.41, 5.74) is 3.05. The summed E-state index contributed by atoms with van der Waals surface area (Å²) in [5, 5.41) is 3.11. The van der Waals surface area contributed by atoms with Crippen LogP contribution in [0.25, 0.3) is 0 Å². The molecule has 1 aliphatic heterocycles. The predicted molar refractivity (Wildman–Crippen MR) is 88.5 cm³/mol. The molecule has 0 saturated heterocycles. The first kappa shape index (κ1) is 14.6. The fourth-order valence-corrected chi connectivity index (χ4v) is 2.95. The SMILES string of the molecule is CC(C)c1ccccc1NC(=O)C1CCOc2ccccc21. The normalized spacial score (nSPS) is 16.8. The first-order valence-corrected chi connectivity index (χ1v) is 7.78. The Balaban J connectivity index is 1.85. The van der Waals surface area contributed by atoms with Crippen molar-refractivity contribution in [1.29, 1.82) is 0 Å². The highest BCUT2D eigenvalue weighted by Gasteiger charge is 2.27. The van der Waals surface area contributed by atoms with Gasteiger partial charge in [-0.1, -0.05) is 50.2 Å². The van der Waals surface area contributed by atoms with Crippen molar-refractivity contribution in [3.8, 4) is 5.75 Å². The number of nitrogens with one attached hydrogen (secondary N) is 1. The molecule has 1 unspecified atom stereocenters. The van der Waals surface area contributed by atoms with E-state index in [1.807, 2.05) is 42.5 Å². The molecule has 0 aromatic heterocycles. The number of hydrogen-bond donors (Lipinski definition) is 1. The Bertz CT molecular complexity index is 679. The van der Waals surface area contributed by atoms with Gasteiger partial charge < -0.3 is 10.1 Å². The summed E-state index contributed by atoms with van der Waals surface area (Å²) in [6.45, 7) is 4.85. The number of para-hydroxylation sites is 2. The van der Waals surface area contributed by atoms with Crippen LogP contribution in [0.4, 0.5) is 5.69 Å². The molecule has 2 aromatic rings. The molecule has 3 rings (SSSR count). The van der Waals surface area contributed by atoms with Crippen LogP contribution in [0.3, 0.4) is 0 Å². The molecule has 1 aliphatic rings. The van der Waals surface area contributed by atoms with Gasteiger partial charge in [0.05, 0.1) is 12.5 Å². The van der Waals surface area contributed by atoms with Crippen molar-refractivity contribution in [2.75, 3.05) is 11.9 Å². The third-order valence-electron chi connectivity index (χ3n) is 4.12. The van der Waals surface area contributed by atoms with Gasteiger partial charge in [-0.05, 0) is 30.0 Å². The first-order valence-electron chi connectivity index (χ1n) is 7.78. The van der Waals surface area contributed by atoms with Gasteiger partial charge in [0.2, 0.25) is 5.91 Å². The molecule has 1 heterocycles. The number of fused-ring (bicyclic) bond motifs is 1. The minimum Gasteiger partial charge on any atom is -0.493 e. The van der Waals surface area contributed by atoms with E-state index in [9.17, 15) is 4.79 Å². The second kappa shape index (κ2) is 6.22. The van der Waals surface area contributed by atoms with Gasteiger partial charge in [0.1, 0.15) is 5.75 Å². The van der Waals surface area contributed by atoms with E-state index in [0.717, 1.165) is 22.6 Å². The predicted octanol–water partition coefficient (Wildman–Crippen LogP) is 4.31. The van der Waals surface area contributed by atoms with E-state index in [2.05, 4.69) is 25.2 Å². The molecular weight excluding hydrogens is 274 g/mol. The van der Waals surface area contributed by atoms with E-state index < -0.39 is 0 Å². The van der Waals surface area contributed by atoms with Crippen LogP contribution in [0.15, 0.2) is 48.5 Å². The van der Waals surface area contributed by atoms with Crippen molar-refractivity contribution in [2.24, 2.45) is 0 Å². The van der Waals surface area contributed by atoms with Crippen LogP contribution in [-0.2, 0) is 4.79 Å². The number of amides is 1. The molecule has 114 valence electrons. The number of anilines is 1. The van der Waals surface area contributed by atoms with Gasteiger partial charge in [-0.25, -0.2) is 0 Å². The standard InChI is InChI=1S/C19H21NO2/c1-13(2)14-7-3-5-9-17(14)20-19(21)16-11-12-22-18-10-6-4-8-15(16)18/h3-10,13,16H,11-12H2,1-2H3,(H,20,21). The molecule has 0 aliphatic carbocycles. The van der Waals surface area contributed by atoms with E-state index in [-0.39, 0.29) is 11.8 Å². The van der Waals surface area contributed by atoms with Gasteiger partial charge in [-0.15, -0.1) is 0 Å². The average Bonchev–Trinajstić information content (AvgIpc) is 2.54. The topological polar surface area (TPSA) is 38.3 Å². The molecule has 1 amide bonds. The highest BCUT2D eigenvalue weighted by Crippen LogP contribution is 2.34. The number of ether oxygens (including phenoxy) is 1. The molecule has 2 aromatic carbocycles. The largest absolute Gasteiger partial charge is 0.493 e. The van der Waals surface area contributed by atoms with Crippen LogP contribution >= 0.6 is 0 Å². The monoisotopic (exact) mass is 295 g/mol. The Labute approximate surface area is 131 Å². The average molecular weight is 295 g/mol. The number of carbonyl (C=O) groups excluding carboxylic acids is 1. The maximum atomic E-state index is 12.7. The lowest BCUT2D eigenvalue weighted by Crippen LogP contribution is -2.26. The summed E-state index contributed by atoms with van der Waals surface area (Å²) in [4.78, 5) is 12.7. The van der Waals surface area contributed by atoms with Crippen molar-refractivity contribution in [3.63, 3.8) is 0 Å². The van der Waals surface area contributed by atoms with Crippen molar-refractivity contribution in [3.05, 3.63) is 59.7 Å². The zero-order valence-electron chi connectivity index (χ0n) is 13.0. The Hall–Kier alpha value is -2.29.